The van der Waals surface area contributed by atoms with Gasteiger partial charge in [0.05, 0.1) is 11.3 Å². The minimum atomic E-state index is -4.42. The van der Waals surface area contributed by atoms with Crippen LogP contribution in [0.2, 0.25) is 0 Å². The summed E-state index contributed by atoms with van der Waals surface area (Å²) in [7, 11) is 0. The lowest BCUT2D eigenvalue weighted by Crippen LogP contribution is -2.21. The minimum Gasteiger partial charge on any atom is -0.505 e. The van der Waals surface area contributed by atoms with Gasteiger partial charge in [-0.1, -0.05) is 30.3 Å². The van der Waals surface area contributed by atoms with Crippen LogP contribution in [0, 0.1) is 6.92 Å². The fourth-order valence-electron chi connectivity index (χ4n) is 3.41. The highest BCUT2D eigenvalue weighted by molar-refractivity contribution is 5.85. The van der Waals surface area contributed by atoms with Gasteiger partial charge >= 0.3 is 6.18 Å². The molecule has 2 aromatic heterocycles. The van der Waals surface area contributed by atoms with Crippen LogP contribution in [0.25, 0.3) is 10.9 Å². The van der Waals surface area contributed by atoms with Gasteiger partial charge in [-0.05, 0) is 37.3 Å². The quantitative estimate of drug-likeness (QED) is 0.481. The van der Waals surface area contributed by atoms with Crippen LogP contribution in [-0.4, -0.2) is 10.1 Å². The SMILES string of the molecule is Cc1cccc(N[C@H](c2ccc(C(F)(F)F)cc2)c2ccc3cccnc3c2O)[nH+]1. The van der Waals surface area contributed by atoms with Crippen molar-refractivity contribution in [3.05, 3.63) is 95.3 Å². The van der Waals surface area contributed by atoms with E-state index in [1.165, 1.54) is 12.1 Å². The average molecular weight is 410 g/mol. The molecule has 4 aromatic rings. The van der Waals surface area contributed by atoms with Gasteiger partial charge in [0.25, 0.3) is 5.82 Å². The Morgan fingerprint density at radius 3 is 2.43 bits per heavy atom. The number of halogens is 3. The molecule has 0 amide bonds. The number of phenols is 1. The molecule has 4 rings (SSSR count). The number of hydrogen-bond donors (Lipinski definition) is 2. The van der Waals surface area contributed by atoms with E-state index in [-0.39, 0.29) is 5.75 Å². The number of aromatic nitrogens is 2. The summed E-state index contributed by atoms with van der Waals surface area (Å²) in [6, 6.07) is 17.1. The first-order chi connectivity index (χ1) is 14.3. The lowest BCUT2D eigenvalue weighted by molar-refractivity contribution is -0.371. The summed E-state index contributed by atoms with van der Waals surface area (Å²) in [6.07, 6.45) is -2.83. The first kappa shape index (κ1) is 19.7. The largest absolute Gasteiger partial charge is 0.505 e. The second-order valence-corrected chi connectivity index (χ2v) is 7.02. The summed E-state index contributed by atoms with van der Waals surface area (Å²) < 4.78 is 39.0. The zero-order valence-electron chi connectivity index (χ0n) is 16.0. The van der Waals surface area contributed by atoms with Crippen molar-refractivity contribution in [2.75, 3.05) is 5.32 Å². The van der Waals surface area contributed by atoms with Crippen molar-refractivity contribution in [2.24, 2.45) is 0 Å². The highest BCUT2D eigenvalue weighted by atomic mass is 19.4. The van der Waals surface area contributed by atoms with Gasteiger partial charge in [-0.25, -0.2) is 4.98 Å². The summed E-state index contributed by atoms with van der Waals surface area (Å²) in [5.74, 6) is 0.651. The van der Waals surface area contributed by atoms with Gasteiger partial charge < -0.3 is 5.11 Å². The Hall–Kier alpha value is -3.61. The normalized spacial score (nSPS) is 12.7. The van der Waals surface area contributed by atoms with Crippen molar-refractivity contribution in [3.8, 4) is 5.75 Å². The molecule has 0 fully saturated rings. The molecule has 152 valence electrons. The van der Waals surface area contributed by atoms with E-state index in [0.717, 1.165) is 23.2 Å². The third kappa shape index (κ3) is 3.91. The van der Waals surface area contributed by atoms with Crippen molar-refractivity contribution in [1.82, 2.24) is 4.98 Å². The standard InChI is InChI=1S/C23H18F3N3O/c1-14-4-2-6-19(28-14)29-20(16-7-10-17(11-8-16)23(24,25)26)18-12-9-15-5-3-13-27-21(15)22(18)30/h2-13,20,30H,1H3,(H,28,29)/p+1/t20-/m1/s1. The maximum Gasteiger partial charge on any atom is 0.416 e. The molecule has 2 heterocycles. The van der Waals surface area contributed by atoms with Crippen LogP contribution >= 0.6 is 0 Å². The summed E-state index contributed by atoms with van der Waals surface area (Å²) >= 11 is 0. The molecule has 0 bridgehead atoms. The third-order valence-corrected chi connectivity index (χ3v) is 4.90. The van der Waals surface area contributed by atoms with Crippen molar-refractivity contribution in [1.29, 1.82) is 0 Å². The highest BCUT2D eigenvalue weighted by Crippen LogP contribution is 2.37. The van der Waals surface area contributed by atoms with Gasteiger partial charge in [0.2, 0.25) is 0 Å². The molecule has 30 heavy (non-hydrogen) atoms. The molecule has 1 atom stereocenters. The fourth-order valence-corrected chi connectivity index (χ4v) is 3.41. The molecule has 0 spiro atoms. The highest BCUT2D eigenvalue weighted by Gasteiger charge is 2.31. The van der Waals surface area contributed by atoms with E-state index in [2.05, 4.69) is 15.3 Å². The Morgan fingerprint density at radius 1 is 0.967 bits per heavy atom. The van der Waals surface area contributed by atoms with Crippen LogP contribution in [0.1, 0.15) is 28.4 Å². The van der Waals surface area contributed by atoms with Crippen LogP contribution in [0.5, 0.6) is 5.75 Å². The summed E-state index contributed by atoms with van der Waals surface area (Å²) in [5, 5.41) is 15.0. The number of aryl methyl sites for hydroxylation is 1. The van der Waals surface area contributed by atoms with E-state index in [4.69, 9.17) is 0 Å². The topological polar surface area (TPSA) is 59.3 Å². The number of rotatable bonds is 4. The second-order valence-electron chi connectivity index (χ2n) is 7.02. The molecule has 0 unspecified atom stereocenters. The van der Waals surface area contributed by atoms with Gasteiger partial charge in [-0.15, -0.1) is 0 Å². The lowest BCUT2D eigenvalue weighted by atomic mass is 9.95. The molecule has 0 radical (unpaired) electrons. The van der Waals surface area contributed by atoms with Crippen LogP contribution in [0.3, 0.4) is 0 Å². The average Bonchev–Trinajstić information content (AvgIpc) is 2.72. The van der Waals surface area contributed by atoms with Crippen LogP contribution in [-0.2, 0) is 6.18 Å². The second kappa shape index (κ2) is 7.67. The third-order valence-electron chi connectivity index (χ3n) is 4.90. The number of nitrogens with zero attached hydrogens (tertiary/aromatic N) is 1. The molecular weight excluding hydrogens is 391 g/mol. The van der Waals surface area contributed by atoms with Gasteiger partial charge in [0.15, 0.2) is 0 Å². The Balaban J connectivity index is 1.82. The predicted octanol–water partition coefficient (Wildman–Crippen LogP) is 5.28. The number of aromatic hydroxyl groups is 1. The number of hydrogen-bond acceptors (Lipinski definition) is 3. The van der Waals surface area contributed by atoms with E-state index < -0.39 is 17.8 Å². The zero-order chi connectivity index (χ0) is 21.3. The predicted molar refractivity (Wildman–Crippen MR) is 108 cm³/mol. The lowest BCUT2D eigenvalue weighted by Gasteiger charge is -2.18. The van der Waals surface area contributed by atoms with Gasteiger partial charge in [-0.2, -0.15) is 13.2 Å². The Labute approximate surface area is 171 Å². The number of H-pyrrole nitrogens is 1. The summed E-state index contributed by atoms with van der Waals surface area (Å²) in [5.41, 5.74) is 1.70. The Morgan fingerprint density at radius 2 is 1.73 bits per heavy atom. The summed E-state index contributed by atoms with van der Waals surface area (Å²) in [6.45, 7) is 1.90. The molecule has 4 nitrogen and oxygen atoms in total. The number of fused-ring (bicyclic) bond motifs is 1. The first-order valence-electron chi connectivity index (χ1n) is 9.32. The fraction of sp³-hybridized carbons (Fsp3) is 0.130. The van der Waals surface area contributed by atoms with E-state index in [1.54, 1.807) is 18.3 Å². The molecule has 0 saturated carbocycles. The molecule has 2 aromatic carbocycles. The molecule has 0 aliphatic heterocycles. The van der Waals surface area contributed by atoms with E-state index >= 15 is 0 Å². The minimum absolute atomic E-state index is 0.0156. The van der Waals surface area contributed by atoms with E-state index in [0.29, 0.717) is 22.5 Å². The Bertz CT molecular complexity index is 1190. The van der Waals surface area contributed by atoms with Crippen LogP contribution in [0.15, 0.2) is 72.9 Å². The van der Waals surface area contributed by atoms with Crippen molar-refractivity contribution in [3.63, 3.8) is 0 Å². The first-order valence-corrected chi connectivity index (χ1v) is 9.32. The van der Waals surface area contributed by atoms with Crippen molar-refractivity contribution in [2.45, 2.75) is 19.1 Å². The zero-order valence-corrected chi connectivity index (χ0v) is 16.0. The maximum atomic E-state index is 13.0. The van der Waals surface area contributed by atoms with Gasteiger partial charge in [0.1, 0.15) is 17.3 Å². The van der Waals surface area contributed by atoms with Crippen LogP contribution < -0.4 is 10.3 Å². The van der Waals surface area contributed by atoms with Crippen molar-refractivity contribution < 1.29 is 23.3 Å². The number of aromatic amines is 1. The molecule has 0 aliphatic rings. The van der Waals surface area contributed by atoms with E-state index in [9.17, 15) is 18.3 Å². The number of pyridine rings is 2. The monoisotopic (exact) mass is 410 g/mol. The number of alkyl halides is 3. The van der Waals surface area contributed by atoms with Gasteiger partial charge in [0, 0.05) is 28.8 Å². The maximum absolute atomic E-state index is 13.0. The smallest absolute Gasteiger partial charge is 0.416 e. The number of phenolic OH excluding ortho intramolecular Hbond substituents is 1. The van der Waals surface area contributed by atoms with Gasteiger partial charge in [-0.3, -0.25) is 10.3 Å². The molecular formula is C23H19F3N3O+. The Kier molecular flexibility index (Phi) is 5.03. The number of benzene rings is 2. The number of anilines is 1. The summed E-state index contributed by atoms with van der Waals surface area (Å²) in [4.78, 5) is 7.43. The van der Waals surface area contributed by atoms with Crippen LogP contribution in [0.4, 0.5) is 19.0 Å². The molecule has 0 aliphatic carbocycles. The number of nitrogens with one attached hydrogen (secondary N) is 2. The van der Waals surface area contributed by atoms with E-state index in [1.807, 2.05) is 37.3 Å². The molecule has 3 N–H and O–H groups in total. The molecule has 7 heteroatoms. The van der Waals surface area contributed by atoms with Crippen molar-refractivity contribution >= 4 is 16.7 Å². The molecule has 0 saturated heterocycles.